The van der Waals surface area contributed by atoms with Crippen LogP contribution >= 0.6 is 23.2 Å². The molecule has 1 aliphatic rings. The van der Waals surface area contributed by atoms with Crippen molar-refractivity contribution in [2.75, 3.05) is 31.6 Å². The first-order chi connectivity index (χ1) is 14.2. The minimum Gasteiger partial charge on any atom is -0.489 e. The normalized spacial score (nSPS) is 15.2. The van der Waals surface area contributed by atoms with Crippen molar-refractivity contribution < 1.29 is 22.7 Å². The molecule has 0 saturated carbocycles. The molecule has 1 aromatic heterocycles. The number of benzene rings is 1. The minimum atomic E-state index is -3.76. The van der Waals surface area contributed by atoms with Crippen LogP contribution in [-0.4, -0.2) is 56.0 Å². The number of halogens is 2. The highest BCUT2D eigenvalue weighted by molar-refractivity contribution is 7.89. The van der Waals surface area contributed by atoms with Gasteiger partial charge < -0.3 is 14.8 Å². The predicted octanol–water partition coefficient (Wildman–Crippen LogP) is 3.45. The zero-order valence-corrected chi connectivity index (χ0v) is 18.7. The molecule has 3 rings (SSSR count). The van der Waals surface area contributed by atoms with Gasteiger partial charge in [-0.2, -0.15) is 4.31 Å². The maximum Gasteiger partial charge on any atom is 0.275 e. The number of nitrogens with zero attached hydrogens (tertiary/aromatic N) is 2. The van der Waals surface area contributed by atoms with Crippen molar-refractivity contribution in [3.8, 4) is 5.75 Å². The quantitative estimate of drug-likeness (QED) is 0.645. The van der Waals surface area contributed by atoms with Gasteiger partial charge in [-0.15, -0.1) is 0 Å². The first-order valence-corrected chi connectivity index (χ1v) is 11.4. The molecule has 0 atom stereocenters. The summed E-state index contributed by atoms with van der Waals surface area (Å²) in [5.74, 6) is -0.325. The molecule has 1 N–H and O–H groups in total. The number of carbonyl (C=O) groups excluding carboxylic acids is 1. The van der Waals surface area contributed by atoms with Crippen molar-refractivity contribution in [3.05, 3.63) is 46.2 Å². The Morgan fingerprint density at radius 3 is 2.57 bits per heavy atom. The molecule has 1 aromatic carbocycles. The Kier molecular flexibility index (Phi) is 7.20. The Hall–Kier alpha value is -1.91. The molecule has 8 nitrogen and oxygen atoms in total. The van der Waals surface area contributed by atoms with E-state index in [1.54, 1.807) is 0 Å². The second kappa shape index (κ2) is 9.49. The molecule has 30 heavy (non-hydrogen) atoms. The summed E-state index contributed by atoms with van der Waals surface area (Å²) in [7, 11) is -3.76. The van der Waals surface area contributed by atoms with Gasteiger partial charge in [0.1, 0.15) is 16.6 Å². The molecule has 1 aliphatic heterocycles. The molecule has 2 heterocycles. The third-order valence-corrected chi connectivity index (χ3v) is 6.61. The van der Waals surface area contributed by atoms with E-state index in [1.165, 1.54) is 34.6 Å². The molecular weight excluding hydrogens is 453 g/mol. The van der Waals surface area contributed by atoms with E-state index in [-0.39, 0.29) is 45.6 Å². The molecule has 0 aliphatic carbocycles. The summed E-state index contributed by atoms with van der Waals surface area (Å²) in [6.45, 7) is 4.82. The van der Waals surface area contributed by atoms with E-state index in [0.29, 0.717) is 19.0 Å². The van der Waals surface area contributed by atoms with Crippen LogP contribution in [0.3, 0.4) is 0 Å². The van der Waals surface area contributed by atoms with Crippen molar-refractivity contribution in [2.45, 2.75) is 24.8 Å². The third kappa shape index (κ3) is 5.22. The highest BCUT2D eigenvalue weighted by Crippen LogP contribution is 2.31. The van der Waals surface area contributed by atoms with E-state index in [4.69, 9.17) is 32.7 Å². The molecule has 1 saturated heterocycles. The third-order valence-electron chi connectivity index (χ3n) is 4.20. The lowest BCUT2D eigenvalue weighted by Crippen LogP contribution is -2.40. The van der Waals surface area contributed by atoms with Crippen molar-refractivity contribution >= 4 is 44.8 Å². The highest BCUT2D eigenvalue weighted by Gasteiger charge is 2.28. The topological polar surface area (TPSA) is 97.8 Å². The maximum atomic E-state index is 13.0. The highest BCUT2D eigenvalue weighted by atomic mass is 35.5. The average Bonchev–Trinajstić information content (AvgIpc) is 2.71. The molecule has 162 valence electrons. The van der Waals surface area contributed by atoms with Crippen LogP contribution in [0.25, 0.3) is 0 Å². The van der Waals surface area contributed by atoms with Crippen LogP contribution in [0.5, 0.6) is 5.75 Å². The Balaban J connectivity index is 1.97. The first-order valence-electron chi connectivity index (χ1n) is 9.20. The lowest BCUT2D eigenvalue weighted by atomic mass is 10.2. The molecule has 1 amide bonds. The fourth-order valence-corrected chi connectivity index (χ4v) is 4.59. The smallest absolute Gasteiger partial charge is 0.275 e. The number of hydrogen-bond donors (Lipinski definition) is 1. The van der Waals surface area contributed by atoms with Gasteiger partial charge in [0.2, 0.25) is 10.0 Å². The van der Waals surface area contributed by atoms with Crippen LogP contribution in [-0.2, 0) is 14.8 Å². The van der Waals surface area contributed by atoms with Crippen molar-refractivity contribution in [2.24, 2.45) is 0 Å². The standard InChI is InChI=1S/C19H21Cl2N3O5S/c1-12(2)29-16-5-3-13(30(26,27)24-7-9-28-10-8-24)11-15(16)22-19(25)18-14(20)4-6-17(21)23-18/h3-6,11-12H,7-10H2,1-2H3,(H,22,25). The number of sulfonamides is 1. The fourth-order valence-electron chi connectivity index (χ4n) is 2.82. The number of ether oxygens (including phenoxy) is 2. The van der Waals surface area contributed by atoms with Crippen LogP contribution in [0.2, 0.25) is 10.2 Å². The number of pyridine rings is 1. The van der Waals surface area contributed by atoms with E-state index in [9.17, 15) is 13.2 Å². The lowest BCUT2D eigenvalue weighted by molar-refractivity contribution is 0.0730. The molecular formula is C19H21Cl2N3O5S. The number of hydrogen-bond acceptors (Lipinski definition) is 6. The van der Waals surface area contributed by atoms with Gasteiger partial charge in [-0.05, 0) is 44.2 Å². The van der Waals surface area contributed by atoms with E-state index in [1.807, 2.05) is 13.8 Å². The zero-order valence-electron chi connectivity index (χ0n) is 16.4. The molecule has 2 aromatic rings. The number of morpholine rings is 1. The summed E-state index contributed by atoms with van der Waals surface area (Å²) < 4.78 is 38.3. The number of nitrogens with one attached hydrogen (secondary N) is 1. The summed E-state index contributed by atoms with van der Waals surface area (Å²) in [5, 5.41) is 2.85. The van der Waals surface area contributed by atoms with Crippen molar-refractivity contribution in [1.29, 1.82) is 0 Å². The van der Waals surface area contributed by atoms with Crippen LogP contribution < -0.4 is 10.1 Å². The number of anilines is 1. The van der Waals surface area contributed by atoms with Crippen LogP contribution in [0.4, 0.5) is 5.69 Å². The lowest BCUT2D eigenvalue weighted by Gasteiger charge is -2.26. The fraction of sp³-hybridized carbons (Fsp3) is 0.368. The minimum absolute atomic E-state index is 0.0287. The van der Waals surface area contributed by atoms with E-state index >= 15 is 0 Å². The molecule has 0 radical (unpaired) electrons. The number of amides is 1. The first kappa shape index (κ1) is 22.8. The number of aromatic nitrogens is 1. The summed E-state index contributed by atoms with van der Waals surface area (Å²) in [6.07, 6.45) is -0.199. The van der Waals surface area contributed by atoms with Crippen molar-refractivity contribution in [1.82, 2.24) is 9.29 Å². The molecule has 1 fully saturated rings. The van der Waals surface area contributed by atoms with E-state index in [0.717, 1.165) is 0 Å². The summed E-state index contributed by atoms with van der Waals surface area (Å²) in [6, 6.07) is 7.23. The van der Waals surface area contributed by atoms with Crippen molar-refractivity contribution in [3.63, 3.8) is 0 Å². The Bertz CT molecular complexity index is 1040. The van der Waals surface area contributed by atoms with Gasteiger partial charge in [-0.25, -0.2) is 13.4 Å². The Labute approximate surface area is 185 Å². The van der Waals surface area contributed by atoms with Gasteiger partial charge >= 0.3 is 0 Å². The van der Waals surface area contributed by atoms with Crippen LogP contribution in [0.1, 0.15) is 24.3 Å². The zero-order chi connectivity index (χ0) is 21.9. The van der Waals surface area contributed by atoms with Gasteiger partial charge in [0, 0.05) is 13.1 Å². The molecule has 0 bridgehead atoms. The molecule has 11 heteroatoms. The Morgan fingerprint density at radius 1 is 1.20 bits per heavy atom. The maximum absolute atomic E-state index is 13.0. The number of carbonyl (C=O) groups is 1. The predicted molar refractivity (Wildman–Crippen MR) is 114 cm³/mol. The van der Waals surface area contributed by atoms with Crippen LogP contribution in [0.15, 0.2) is 35.2 Å². The molecule has 0 unspecified atom stereocenters. The van der Waals surface area contributed by atoms with Gasteiger partial charge in [-0.3, -0.25) is 4.79 Å². The van der Waals surface area contributed by atoms with E-state index < -0.39 is 15.9 Å². The van der Waals surface area contributed by atoms with Gasteiger partial charge in [0.25, 0.3) is 5.91 Å². The largest absolute Gasteiger partial charge is 0.489 e. The van der Waals surface area contributed by atoms with E-state index in [2.05, 4.69) is 10.3 Å². The summed E-state index contributed by atoms with van der Waals surface area (Å²) in [4.78, 5) is 16.7. The Morgan fingerprint density at radius 2 is 1.90 bits per heavy atom. The average molecular weight is 474 g/mol. The van der Waals surface area contributed by atoms with Gasteiger partial charge in [-0.1, -0.05) is 23.2 Å². The van der Waals surface area contributed by atoms with Gasteiger partial charge in [0.05, 0.1) is 34.9 Å². The second-order valence-electron chi connectivity index (χ2n) is 6.76. The summed E-state index contributed by atoms with van der Waals surface area (Å²) in [5.41, 5.74) is 0.0991. The monoisotopic (exact) mass is 473 g/mol. The number of rotatable bonds is 6. The summed E-state index contributed by atoms with van der Waals surface area (Å²) >= 11 is 11.9. The second-order valence-corrected chi connectivity index (χ2v) is 9.49. The molecule has 0 spiro atoms. The SMILES string of the molecule is CC(C)Oc1ccc(S(=O)(=O)N2CCOCC2)cc1NC(=O)c1nc(Cl)ccc1Cl. The van der Waals surface area contributed by atoms with Gasteiger partial charge in [0.15, 0.2) is 0 Å². The van der Waals surface area contributed by atoms with Crippen LogP contribution in [0, 0.1) is 0 Å².